The number of carboxylic acid groups (broad SMARTS) is 1. The number of rotatable bonds is 9. The molecule has 0 saturated heterocycles. The molecule has 148 valence electrons. The van der Waals surface area contributed by atoms with E-state index in [2.05, 4.69) is 33.9 Å². The minimum absolute atomic E-state index is 0.103. The van der Waals surface area contributed by atoms with Gasteiger partial charge in [0.2, 0.25) is 0 Å². The second kappa shape index (κ2) is 8.91. The second-order valence-corrected chi connectivity index (χ2v) is 13.1. The molecule has 2 atom stereocenters. The van der Waals surface area contributed by atoms with E-state index < -0.39 is 20.3 Å². The van der Waals surface area contributed by atoms with Gasteiger partial charge < -0.3 is 19.2 Å². The molecule has 0 saturated carbocycles. The van der Waals surface area contributed by atoms with Gasteiger partial charge in [-0.25, -0.2) is 4.79 Å². The Kier molecular flexibility index (Phi) is 7.71. The zero-order valence-electron chi connectivity index (χ0n) is 17.5. The van der Waals surface area contributed by atoms with Crippen molar-refractivity contribution in [1.29, 1.82) is 0 Å². The van der Waals surface area contributed by atoms with Crippen molar-refractivity contribution < 1.29 is 19.1 Å². The van der Waals surface area contributed by atoms with E-state index in [0.29, 0.717) is 13.2 Å². The number of carboxylic acids is 1. The summed E-state index contributed by atoms with van der Waals surface area (Å²) in [5.74, 6) is -0.205. The van der Waals surface area contributed by atoms with E-state index in [1.54, 1.807) is 7.11 Å². The Morgan fingerprint density at radius 2 is 1.77 bits per heavy atom. The van der Waals surface area contributed by atoms with Gasteiger partial charge >= 0.3 is 5.97 Å². The van der Waals surface area contributed by atoms with Crippen molar-refractivity contribution in [2.45, 2.75) is 58.8 Å². The summed E-state index contributed by atoms with van der Waals surface area (Å²) in [5, 5.41) is 9.99. The highest BCUT2D eigenvalue weighted by molar-refractivity contribution is 6.74. The Labute approximate surface area is 159 Å². The van der Waals surface area contributed by atoms with Crippen LogP contribution >= 0.6 is 0 Å². The molecule has 0 radical (unpaired) electrons. The number of hydrogen-bond acceptors (Lipinski definition) is 4. The number of carbonyl (C=O) groups is 1. The van der Waals surface area contributed by atoms with E-state index >= 15 is 0 Å². The number of benzene rings is 1. The highest BCUT2D eigenvalue weighted by Crippen LogP contribution is 2.37. The first-order chi connectivity index (χ1) is 11.9. The third kappa shape index (κ3) is 5.48. The average Bonchev–Trinajstić information content (AvgIpc) is 2.56. The molecular weight excluding hydrogens is 346 g/mol. The molecule has 0 bridgehead atoms. The summed E-state index contributed by atoms with van der Waals surface area (Å²) < 4.78 is 11.5. The van der Waals surface area contributed by atoms with Crippen LogP contribution in [-0.2, 0) is 9.22 Å². The Hall–Kier alpha value is -1.53. The molecule has 0 unspecified atom stereocenters. The molecule has 0 aliphatic rings. The van der Waals surface area contributed by atoms with E-state index in [1.165, 1.54) is 0 Å². The smallest absolute Gasteiger partial charge is 0.326 e. The van der Waals surface area contributed by atoms with Crippen molar-refractivity contribution in [3.8, 4) is 5.75 Å². The first kappa shape index (κ1) is 22.5. The number of likely N-dealkylation sites (N-methyl/N-ethyl adjacent to an activating group) is 1. The summed E-state index contributed by atoms with van der Waals surface area (Å²) in [7, 11) is -0.295. The Balaban J connectivity index is 2.98. The van der Waals surface area contributed by atoms with Gasteiger partial charge in [-0.2, -0.15) is 0 Å². The van der Waals surface area contributed by atoms with Crippen molar-refractivity contribution in [1.82, 2.24) is 0 Å². The zero-order valence-corrected chi connectivity index (χ0v) is 18.5. The summed E-state index contributed by atoms with van der Waals surface area (Å²) in [6.45, 7) is 15.9. The molecule has 1 N–H and O–H groups in total. The van der Waals surface area contributed by atoms with Gasteiger partial charge in [0, 0.05) is 24.8 Å². The van der Waals surface area contributed by atoms with Crippen molar-refractivity contribution >= 4 is 20.0 Å². The monoisotopic (exact) mass is 381 g/mol. The van der Waals surface area contributed by atoms with Crippen LogP contribution in [0.25, 0.3) is 0 Å². The minimum Gasteiger partial charge on any atom is -0.497 e. The molecule has 26 heavy (non-hydrogen) atoms. The van der Waals surface area contributed by atoms with Gasteiger partial charge in [0.1, 0.15) is 11.8 Å². The highest BCUT2D eigenvalue weighted by Gasteiger charge is 2.39. The van der Waals surface area contributed by atoms with Crippen molar-refractivity contribution in [3.05, 3.63) is 24.3 Å². The number of aliphatic carboxylic acids is 1. The highest BCUT2D eigenvalue weighted by atomic mass is 28.4. The van der Waals surface area contributed by atoms with E-state index in [-0.39, 0.29) is 11.0 Å². The number of nitrogens with zero attached hydrogens (tertiary/aromatic N) is 1. The standard InChI is InChI=1S/C20H35NO4Si/c1-9-21(16-10-12-17(24-6)13-11-16)18(19(22)23)15(2)14-25-26(7,8)20(3,4)5/h10-13,15,18H,9,14H2,1-8H3,(H,22,23)/t15-,18-/m0/s1. The first-order valence-electron chi connectivity index (χ1n) is 9.22. The average molecular weight is 382 g/mol. The van der Waals surface area contributed by atoms with Gasteiger partial charge in [-0.1, -0.05) is 27.7 Å². The number of anilines is 1. The molecular formula is C20H35NO4Si. The third-order valence-electron chi connectivity index (χ3n) is 5.39. The molecule has 0 amide bonds. The van der Waals surface area contributed by atoms with Crippen LogP contribution in [0.1, 0.15) is 34.6 Å². The minimum atomic E-state index is -1.91. The van der Waals surface area contributed by atoms with Crippen LogP contribution in [0.4, 0.5) is 5.69 Å². The van der Waals surface area contributed by atoms with E-state index in [0.717, 1.165) is 11.4 Å². The quantitative estimate of drug-likeness (QED) is 0.632. The Morgan fingerprint density at radius 1 is 1.23 bits per heavy atom. The molecule has 5 nitrogen and oxygen atoms in total. The summed E-state index contributed by atoms with van der Waals surface area (Å²) in [4.78, 5) is 14.0. The molecule has 1 aromatic carbocycles. The van der Waals surface area contributed by atoms with Crippen LogP contribution in [-0.4, -0.2) is 45.7 Å². The molecule has 0 aliphatic heterocycles. The van der Waals surface area contributed by atoms with Crippen LogP contribution in [0.2, 0.25) is 18.1 Å². The van der Waals surface area contributed by atoms with Gasteiger partial charge in [0.05, 0.1) is 7.11 Å². The first-order valence-corrected chi connectivity index (χ1v) is 12.1. The zero-order chi connectivity index (χ0) is 20.1. The summed E-state index contributed by atoms with van der Waals surface area (Å²) >= 11 is 0. The lowest BCUT2D eigenvalue weighted by Gasteiger charge is -2.39. The molecule has 6 heteroatoms. The van der Waals surface area contributed by atoms with Crippen LogP contribution in [0, 0.1) is 5.92 Å². The molecule has 1 rings (SSSR count). The molecule has 0 fully saturated rings. The SMILES string of the molecule is CCN(c1ccc(OC)cc1)[C@H](C(=O)O)[C@@H](C)CO[Si](C)(C)C(C)(C)C. The lowest BCUT2D eigenvalue weighted by molar-refractivity contribution is -0.140. The number of ether oxygens (including phenoxy) is 1. The fourth-order valence-corrected chi connectivity index (χ4v) is 3.76. The van der Waals surface area contributed by atoms with E-state index in [4.69, 9.17) is 9.16 Å². The van der Waals surface area contributed by atoms with Gasteiger partial charge in [-0.05, 0) is 49.3 Å². The largest absolute Gasteiger partial charge is 0.497 e. The molecule has 0 spiro atoms. The summed E-state index contributed by atoms with van der Waals surface area (Å²) in [6.07, 6.45) is 0. The van der Waals surface area contributed by atoms with Crippen molar-refractivity contribution in [2.24, 2.45) is 5.92 Å². The molecule has 0 aromatic heterocycles. The van der Waals surface area contributed by atoms with Gasteiger partial charge in [-0.15, -0.1) is 0 Å². The predicted molar refractivity (Wildman–Crippen MR) is 110 cm³/mol. The second-order valence-electron chi connectivity index (χ2n) is 8.32. The Bertz CT molecular complexity index is 580. The van der Waals surface area contributed by atoms with Crippen LogP contribution in [0.15, 0.2) is 24.3 Å². The van der Waals surface area contributed by atoms with Crippen LogP contribution < -0.4 is 9.64 Å². The van der Waals surface area contributed by atoms with Crippen LogP contribution in [0.5, 0.6) is 5.75 Å². The Morgan fingerprint density at radius 3 is 2.15 bits per heavy atom. The van der Waals surface area contributed by atoms with E-state index in [1.807, 2.05) is 43.0 Å². The summed E-state index contributed by atoms with van der Waals surface area (Å²) in [5.41, 5.74) is 0.875. The van der Waals surface area contributed by atoms with Crippen molar-refractivity contribution in [2.75, 3.05) is 25.2 Å². The number of hydrogen-bond donors (Lipinski definition) is 1. The normalized spacial score (nSPS) is 14.6. The fraction of sp³-hybridized carbons (Fsp3) is 0.650. The molecule has 1 aromatic rings. The maximum absolute atomic E-state index is 12.0. The maximum atomic E-state index is 12.0. The van der Waals surface area contributed by atoms with Gasteiger partial charge in [-0.3, -0.25) is 0 Å². The van der Waals surface area contributed by atoms with Gasteiger partial charge in [0.25, 0.3) is 0 Å². The lowest BCUT2D eigenvalue weighted by Crippen LogP contribution is -2.49. The molecule has 0 heterocycles. The topological polar surface area (TPSA) is 59.0 Å². The predicted octanol–water partition coefficient (Wildman–Crippen LogP) is 4.63. The maximum Gasteiger partial charge on any atom is 0.326 e. The summed E-state index contributed by atoms with van der Waals surface area (Å²) in [6, 6.07) is 6.87. The third-order valence-corrected chi connectivity index (χ3v) is 9.89. The molecule has 0 aliphatic carbocycles. The van der Waals surface area contributed by atoms with Crippen molar-refractivity contribution in [3.63, 3.8) is 0 Å². The van der Waals surface area contributed by atoms with Gasteiger partial charge in [0.15, 0.2) is 8.32 Å². The van der Waals surface area contributed by atoms with Crippen LogP contribution in [0.3, 0.4) is 0 Å². The lowest BCUT2D eigenvalue weighted by atomic mass is 10.0. The number of methoxy groups -OCH3 is 1. The van der Waals surface area contributed by atoms with E-state index in [9.17, 15) is 9.90 Å². The fourth-order valence-electron chi connectivity index (χ4n) is 2.64.